The molecule has 13 heteroatoms. The maximum atomic E-state index is 14.4. The number of amides is 2. The topological polar surface area (TPSA) is 140 Å². The predicted octanol–water partition coefficient (Wildman–Crippen LogP) is 8.86. The number of benzene rings is 6. The molecule has 6 aromatic carbocycles. The molecule has 6 rings (SSSR count). The molecule has 302 valence electrons. The Hall–Kier alpha value is -7.67. The van der Waals surface area contributed by atoms with Crippen LogP contribution in [0.2, 0.25) is 0 Å². The van der Waals surface area contributed by atoms with E-state index in [0.717, 1.165) is 11.1 Å². The second-order valence-corrected chi connectivity index (χ2v) is 12.6. The largest absolute Gasteiger partial charge is 0.496 e. The minimum atomic E-state index is -0.625. The normalized spacial score (nSPS) is 10.5. The molecule has 0 fully saturated rings. The number of hydrogen-bond donors (Lipinski definition) is 1. The number of ether oxygens (including phenoxy) is 8. The minimum Gasteiger partial charge on any atom is -0.496 e. The molecule has 0 spiro atoms. The van der Waals surface area contributed by atoms with Gasteiger partial charge in [-0.1, -0.05) is 42.5 Å². The van der Waals surface area contributed by atoms with Crippen LogP contribution in [0.1, 0.15) is 31.1 Å². The Kier molecular flexibility index (Phi) is 12.9. The van der Waals surface area contributed by atoms with Gasteiger partial charge in [-0.05, 0) is 65.7 Å². The van der Waals surface area contributed by atoms with Crippen LogP contribution < -0.4 is 48.1 Å². The highest BCUT2D eigenvalue weighted by molar-refractivity contribution is 6.14. The van der Waals surface area contributed by atoms with Crippen LogP contribution in [0.25, 0.3) is 11.1 Å². The Balaban J connectivity index is 1.18. The molecule has 0 radical (unpaired) electrons. The third kappa shape index (κ3) is 8.84. The van der Waals surface area contributed by atoms with E-state index < -0.39 is 11.9 Å². The van der Waals surface area contributed by atoms with Gasteiger partial charge in [0.15, 0.2) is 23.0 Å². The highest BCUT2D eigenvalue weighted by Crippen LogP contribution is 2.41. The van der Waals surface area contributed by atoms with E-state index in [1.807, 2.05) is 42.5 Å². The van der Waals surface area contributed by atoms with Gasteiger partial charge < -0.3 is 43.2 Å². The second-order valence-electron chi connectivity index (χ2n) is 12.6. The van der Waals surface area contributed by atoms with Gasteiger partial charge in [0.25, 0.3) is 11.8 Å². The predicted molar refractivity (Wildman–Crippen MR) is 223 cm³/mol. The fraction of sp³-hybridized carbons (Fsp3) is 0.152. The van der Waals surface area contributed by atoms with Gasteiger partial charge in [0.1, 0.15) is 28.6 Å². The van der Waals surface area contributed by atoms with E-state index in [-0.39, 0.29) is 34.3 Å². The van der Waals surface area contributed by atoms with Crippen molar-refractivity contribution >= 4 is 34.8 Å². The molecule has 0 atom stereocenters. The van der Waals surface area contributed by atoms with Crippen LogP contribution in [0.4, 0.5) is 17.1 Å². The fourth-order valence-corrected chi connectivity index (χ4v) is 6.28. The summed E-state index contributed by atoms with van der Waals surface area (Å²) in [5, 5.41) is 2.92. The molecule has 0 unspecified atom stereocenters. The molecule has 0 aliphatic rings. The minimum absolute atomic E-state index is 0.178. The van der Waals surface area contributed by atoms with Gasteiger partial charge >= 0.3 is 5.97 Å². The molecule has 2 amide bonds. The number of hydrogen-bond acceptors (Lipinski definition) is 11. The number of anilines is 3. The van der Waals surface area contributed by atoms with E-state index >= 15 is 0 Å². The number of para-hydroxylation sites is 1. The van der Waals surface area contributed by atoms with E-state index in [1.165, 1.54) is 60.7 Å². The van der Waals surface area contributed by atoms with Gasteiger partial charge in [-0.15, -0.1) is 0 Å². The van der Waals surface area contributed by atoms with Crippen molar-refractivity contribution in [3.63, 3.8) is 0 Å². The van der Waals surface area contributed by atoms with Gasteiger partial charge in [0.05, 0.1) is 61.0 Å². The van der Waals surface area contributed by atoms with Gasteiger partial charge in [-0.2, -0.15) is 0 Å². The Morgan fingerprint density at radius 2 is 0.966 bits per heavy atom. The van der Waals surface area contributed by atoms with E-state index in [0.29, 0.717) is 51.4 Å². The van der Waals surface area contributed by atoms with Gasteiger partial charge in [-0.25, -0.2) is 4.79 Å². The van der Waals surface area contributed by atoms with Crippen molar-refractivity contribution in [1.29, 1.82) is 0 Å². The lowest BCUT2D eigenvalue weighted by Crippen LogP contribution is -2.27. The van der Waals surface area contributed by atoms with Gasteiger partial charge in [-0.3, -0.25) is 14.5 Å². The summed E-state index contributed by atoms with van der Waals surface area (Å²) in [4.78, 5) is 42.5. The van der Waals surface area contributed by atoms with Crippen LogP contribution >= 0.6 is 0 Å². The molecule has 13 nitrogen and oxygen atoms in total. The van der Waals surface area contributed by atoms with Crippen LogP contribution in [0.3, 0.4) is 0 Å². The molecule has 0 bridgehead atoms. The molecule has 59 heavy (non-hydrogen) atoms. The highest BCUT2D eigenvalue weighted by atomic mass is 16.5. The van der Waals surface area contributed by atoms with Crippen LogP contribution in [-0.4, -0.2) is 67.6 Å². The van der Waals surface area contributed by atoms with E-state index in [1.54, 1.807) is 72.8 Å². The first-order valence-corrected chi connectivity index (χ1v) is 18.1. The molecule has 0 aromatic heterocycles. The van der Waals surface area contributed by atoms with Crippen molar-refractivity contribution in [1.82, 2.24) is 0 Å². The van der Waals surface area contributed by atoms with Crippen molar-refractivity contribution in [2.24, 2.45) is 0 Å². The quantitative estimate of drug-likeness (QED) is 0.0787. The molecule has 0 saturated heterocycles. The Bertz CT molecular complexity index is 2450. The molecule has 0 saturated carbocycles. The van der Waals surface area contributed by atoms with Crippen molar-refractivity contribution in [3.05, 3.63) is 138 Å². The van der Waals surface area contributed by atoms with Crippen LogP contribution in [0, 0.1) is 0 Å². The van der Waals surface area contributed by atoms with Crippen LogP contribution in [-0.2, 0) is 0 Å². The number of nitrogens with zero attached hydrogens (tertiary/aromatic N) is 1. The summed E-state index contributed by atoms with van der Waals surface area (Å²) in [6, 6.07) is 34.4. The average Bonchev–Trinajstić information content (AvgIpc) is 3.28. The molecule has 6 aromatic rings. The third-order valence-corrected chi connectivity index (χ3v) is 9.30. The molecule has 0 aliphatic carbocycles. The van der Waals surface area contributed by atoms with E-state index in [9.17, 15) is 14.4 Å². The standard InChI is InChI=1S/C46H42N2O11/c1-52-37-26-42(57-6)40(55-4)24-34(37)45(50)48(32-11-9-8-10-12-32)36-22-17-30(23-39(36)54-3)44(49)47-31-18-13-28(14-19-31)29-15-20-33(21-16-29)59-46(51)35-25-41(56-5)43(58-7)27-38(35)53-2/h8-27H,1-7H3,(H,47,49). The molecule has 0 aliphatic heterocycles. The summed E-state index contributed by atoms with van der Waals surface area (Å²) >= 11 is 0. The maximum Gasteiger partial charge on any atom is 0.347 e. The molecular formula is C46H42N2O11. The second kappa shape index (κ2) is 18.5. The number of carbonyl (C=O) groups excluding carboxylic acids is 3. The lowest BCUT2D eigenvalue weighted by molar-refractivity contribution is 0.0730. The first-order chi connectivity index (χ1) is 28.7. The van der Waals surface area contributed by atoms with Crippen molar-refractivity contribution in [2.45, 2.75) is 0 Å². The number of carbonyl (C=O) groups is 3. The highest BCUT2D eigenvalue weighted by Gasteiger charge is 2.28. The Labute approximate surface area is 341 Å². The summed E-state index contributed by atoms with van der Waals surface area (Å²) in [7, 11) is 10.3. The number of esters is 1. The SMILES string of the molecule is COc1cc(OC)c(C(=O)Oc2ccc(-c3ccc(NC(=O)c4ccc(N(C(=O)c5cc(OC)c(OC)cc5OC)c5ccccc5)c(OC)c4)cc3)cc2)cc1OC. The molecular weight excluding hydrogens is 757 g/mol. The zero-order valence-electron chi connectivity index (χ0n) is 33.5. The molecule has 1 N–H and O–H groups in total. The maximum absolute atomic E-state index is 14.4. The summed E-state index contributed by atoms with van der Waals surface area (Å²) in [6.07, 6.45) is 0. The first kappa shape index (κ1) is 41.0. The van der Waals surface area contributed by atoms with E-state index in [2.05, 4.69) is 5.32 Å². The van der Waals surface area contributed by atoms with E-state index in [4.69, 9.17) is 37.9 Å². The lowest BCUT2D eigenvalue weighted by atomic mass is 10.0. The first-order valence-electron chi connectivity index (χ1n) is 18.1. The monoisotopic (exact) mass is 798 g/mol. The number of rotatable bonds is 15. The third-order valence-electron chi connectivity index (χ3n) is 9.30. The van der Waals surface area contributed by atoms with Crippen LogP contribution in [0.5, 0.6) is 46.0 Å². The van der Waals surface area contributed by atoms with Gasteiger partial charge in [0, 0.05) is 41.2 Å². The summed E-state index contributed by atoms with van der Waals surface area (Å²) < 4.78 is 43.9. The lowest BCUT2D eigenvalue weighted by Gasteiger charge is -2.26. The Morgan fingerprint density at radius 3 is 1.51 bits per heavy atom. The van der Waals surface area contributed by atoms with Gasteiger partial charge in [0.2, 0.25) is 0 Å². The van der Waals surface area contributed by atoms with Crippen LogP contribution in [0.15, 0.2) is 121 Å². The Morgan fingerprint density at radius 1 is 0.475 bits per heavy atom. The smallest absolute Gasteiger partial charge is 0.347 e. The zero-order valence-corrected chi connectivity index (χ0v) is 33.5. The van der Waals surface area contributed by atoms with Crippen molar-refractivity contribution < 1.29 is 52.3 Å². The number of nitrogens with one attached hydrogen (secondary N) is 1. The number of methoxy groups -OCH3 is 7. The van der Waals surface area contributed by atoms with Crippen molar-refractivity contribution in [2.75, 3.05) is 60.0 Å². The van der Waals surface area contributed by atoms with Crippen molar-refractivity contribution in [3.8, 4) is 57.1 Å². The summed E-state index contributed by atoms with van der Waals surface area (Å²) in [5.74, 6) is 1.25. The fourth-order valence-electron chi connectivity index (χ4n) is 6.28. The summed E-state index contributed by atoms with van der Waals surface area (Å²) in [6.45, 7) is 0. The average molecular weight is 799 g/mol. The summed E-state index contributed by atoms with van der Waals surface area (Å²) in [5.41, 5.74) is 3.91. The molecule has 0 heterocycles. The zero-order chi connectivity index (χ0) is 42.1.